The van der Waals surface area contributed by atoms with Gasteiger partial charge in [0.05, 0.1) is 12.2 Å². The molecular formula is C21H35NO3. The number of nitrogens with zero attached hydrogens (tertiary/aromatic N) is 1. The fraction of sp³-hybridized carbons (Fsp3) is 0.952. The number of rotatable bonds is 1. The third-order valence-corrected chi connectivity index (χ3v) is 9.02. The molecule has 0 aromatic rings. The minimum atomic E-state index is -0.256. The zero-order chi connectivity index (χ0) is 18.0. The first-order chi connectivity index (χ1) is 11.8. The molecule has 3 saturated carbocycles. The lowest BCUT2D eigenvalue weighted by atomic mass is 9.46. The quantitative estimate of drug-likeness (QED) is 0.791. The van der Waals surface area contributed by atoms with E-state index in [1.54, 1.807) is 0 Å². The molecule has 0 bridgehead atoms. The summed E-state index contributed by atoms with van der Waals surface area (Å²) >= 11 is 0. The van der Waals surface area contributed by atoms with Gasteiger partial charge in [0.15, 0.2) is 0 Å². The lowest BCUT2D eigenvalue weighted by molar-refractivity contribution is -0.171. The molecular weight excluding hydrogens is 314 g/mol. The Bertz CT molecular complexity index is 551. The highest BCUT2D eigenvalue weighted by molar-refractivity contribution is 5.76. The first-order valence-corrected chi connectivity index (χ1v) is 10.3. The monoisotopic (exact) mass is 349 g/mol. The summed E-state index contributed by atoms with van der Waals surface area (Å²) in [6.07, 6.45) is 7.31. The van der Waals surface area contributed by atoms with Crippen LogP contribution in [0.25, 0.3) is 0 Å². The van der Waals surface area contributed by atoms with Gasteiger partial charge < -0.3 is 14.7 Å². The van der Waals surface area contributed by atoms with Crippen molar-refractivity contribution in [3.05, 3.63) is 0 Å². The first-order valence-electron chi connectivity index (χ1n) is 10.3. The summed E-state index contributed by atoms with van der Waals surface area (Å²) in [5.41, 5.74) is 0.213. The van der Waals surface area contributed by atoms with Gasteiger partial charge in [-0.1, -0.05) is 13.8 Å². The number of aliphatic hydroxyl groups is 1. The van der Waals surface area contributed by atoms with Crippen LogP contribution < -0.4 is 0 Å². The van der Waals surface area contributed by atoms with Crippen molar-refractivity contribution in [1.82, 2.24) is 4.90 Å². The van der Waals surface area contributed by atoms with Crippen LogP contribution in [0.15, 0.2) is 0 Å². The molecule has 4 heteroatoms. The zero-order valence-electron chi connectivity index (χ0n) is 16.3. The third-order valence-electron chi connectivity index (χ3n) is 9.02. The highest BCUT2D eigenvalue weighted by atomic mass is 16.5. The third kappa shape index (κ3) is 2.43. The summed E-state index contributed by atoms with van der Waals surface area (Å²) in [5, 5.41) is 11.3. The van der Waals surface area contributed by atoms with Crippen molar-refractivity contribution in [2.45, 2.75) is 71.0 Å². The molecule has 4 nitrogen and oxygen atoms in total. The van der Waals surface area contributed by atoms with Crippen molar-refractivity contribution in [1.29, 1.82) is 0 Å². The number of methoxy groups -OCH3 is 1. The SMILES string of the molecule is CO[C@H]1CCC2C3CCC4CC(=O)N(C)CC[C@]4(C)C3[C@@H](O)C[C@@]21C. The number of carbonyl (C=O) groups is 1. The Morgan fingerprint density at radius 3 is 2.64 bits per heavy atom. The van der Waals surface area contributed by atoms with Crippen LogP contribution in [0.1, 0.15) is 58.8 Å². The van der Waals surface area contributed by atoms with Gasteiger partial charge in [-0.2, -0.15) is 0 Å². The Hall–Kier alpha value is -0.610. The Labute approximate surface area is 152 Å². The number of likely N-dealkylation sites (tertiary alicyclic amines) is 1. The Balaban J connectivity index is 1.68. The molecule has 0 spiro atoms. The number of amides is 1. The second-order valence-electron chi connectivity index (χ2n) is 9.92. The van der Waals surface area contributed by atoms with Crippen LogP contribution >= 0.6 is 0 Å². The summed E-state index contributed by atoms with van der Waals surface area (Å²) in [7, 11) is 3.77. The van der Waals surface area contributed by atoms with Crippen molar-refractivity contribution in [2.75, 3.05) is 20.7 Å². The molecule has 8 atom stereocenters. The zero-order valence-corrected chi connectivity index (χ0v) is 16.3. The van der Waals surface area contributed by atoms with Gasteiger partial charge in [-0.05, 0) is 73.0 Å². The predicted octanol–water partition coefficient (Wildman–Crippen LogP) is 3.08. The first kappa shape index (κ1) is 17.8. The van der Waals surface area contributed by atoms with Crippen LogP contribution in [0.4, 0.5) is 0 Å². The van der Waals surface area contributed by atoms with E-state index in [-0.39, 0.29) is 16.9 Å². The van der Waals surface area contributed by atoms with Crippen LogP contribution in [0.5, 0.6) is 0 Å². The smallest absolute Gasteiger partial charge is 0.222 e. The van der Waals surface area contributed by atoms with E-state index in [4.69, 9.17) is 4.74 Å². The molecule has 25 heavy (non-hydrogen) atoms. The van der Waals surface area contributed by atoms with Crippen molar-refractivity contribution >= 4 is 5.91 Å². The number of carbonyl (C=O) groups excluding carboxylic acids is 1. The van der Waals surface area contributed by atoms with Gasteiger partial charge in [0.1, 0.15) is 0 Å². The molecule has 1 amide bonds. The summed E-state index contributed by atoms with van der Waals surface area (Å²) in [5.74, 6) is 2.33. The van der Waals surface area contributed by atoms with Crippen molar-refractivity contribution in [3.8, 4) is 0 Å². The summed E-state index contributed by atoms with van der Waals surface area (Å²) in [4.78, 5) is 14.3. The Morgan fingerprint density at radius 1 is 1.16 bits per heavy atom. The lowest BCUT2D eigenvalue weighted by Crippen LogP contribution is -2.58. The van der Waals surface area contributed by atoms with E-state index in [1.165, 1.54) is 12.8 Å². The average molecular weight is 350 g/mol. The number of ether oxygens (including phenoxy) is 1. The van der Waals surface area contributed by atoms with Gasteiger partial charge >= 0.3 is 0 Å². The molecule has 1 aliphatic heterocycles. The van der Waals surface area contributed by atoms with Crippen LogP contribution in [0, 0.1) is 34.5 Å². The maximum Gasteiger partial charge on any atom is 0.222 e. The number of hydrogen-bond acceptors (Lipinski definition) is 3. The van der Waals surface area contributed by atoms with E-state index in [2.05, 4.69) is 13.8 Å². The highest BCUT2D eigenvalue weighted by Crippen LogP contribution is 2.65. The second kappa shape index (κ2) is 5.95. The molecule has 4 rings (SSSR count). The number of fused-ring (bicyclic) bond motifs is 5. The molecule has 142 valence electrons. The highest BCUT2D eigenvalue weighted by Gasteiger charge is 2.63. The molecule has 1 heterocycles. The minimum Gasteiger partial charge on any atom is -0.393 e. The molecule has 0 aromatic heterocycles. The van der Waals surface area contributed by atoms with Crippen molar-refractivity contribution < 1.29 is 14.6 Å². The molecule has 1 N–H and O–H groups in total. The standard InChI is InChI=1S/C21H35NO3/c1-20-9-10-22(3)18(24)11-13(20)5-6-14-15-7-8-17(25-4)21(15,2)12-16(23)19(14)20/h13-17,19,23H,5-12H2,1-4H3/t13?,14?,15?,16-,17-,19?,20-,21-/m0/s1. The number of aliphatic hydroxyl groups excluding tert-OH is 1. The summed E-state index contributed by atoms with van der Waals surface area (Å²) in [6, 6.07) is 0. The lowest BCUT2D eigenvalue weighted by Gasteiger charge is -2.60. The van der Waals surface area contributed by atoms with E-state index >= 15 is 0 Å². The van der Waals surface area contributed by atoms with E-state index in [9.17, 15) is 9.90 Å². The van der Waals surface area contributed by atoms with Gasteiger partial charge in [0.2, 0.25) is 5.91 Å². The fourth-order valence-electron chi connectivity index (χ4n) is 7.63. The number of hydrogen-bond donors (Lipinski definition) is 1. The van der Waals surface area contributed by atoms with Gasteiger partial charge in [-0.3, -0.25) is 4.79 Å². The molecule has 3 aliphatic carbocycles. The predicted molar refractivity (Wildman–Crippen MR) is 96.9 cm³/mol. The minimum absolute atomic E-state index is 0.0925. The van der Waals surface area contributed by atoms with Crippen molar-refractivity contribution in [2.24, 2.45) is 34.5 Å². The van der Waals surface area contributed by atoms with E-state index in [0.717, 1.165) is 32.2 Å². The Kier molecular flexibility index (Phi) is 4.23. The molecule has 0 radical (unpaired) electrons. The van der Waals surface area contributed by atoms with Crippen LogP contribution in [0.2, 0.25) is 0 Å². The average Bonchev–Trinajstić information content (AvgIpc) is 2.84. The van der Waals surface area contributed by atoms with Gasteiger partial charge in [0, 0.05) is 27.1 Å². The van der Waals surface area contributed by atoms with E-state index in [1.807, 2.05) is 19.1 Å². The second-order valence-corrected chi connectivity index (χ2v) is 9.92. The molecule has 4 aliphatic rings. The molecule has 4 fully saturated rings. The van der Waals surface area contributed by atoms with Crippen molar-refractivity contribution in [3.63, 3.8) is 0 Å². The Morgan fingerprint density at radius 2 is 1.92 bits per heavy atom. The van der Waals surface area contributed by atoms with Gasteiger partial charge in [-0.15, -0.1) is 0 Å². The molecule has 4 unspecified atom stereocenters. The maximum absolute atomic E-state index is 12.4. The summed E-state index contributed by atoms with van der Waals surface area (Å²) < 4.78 is 5.83. The molecule has 1 saturated heterocycles. The normalized spacial score (nSPS) is 53.0. The van der Waals surface area contributed by atoms with Gasteiger partial charge in [-0.25, -0.2) is 0 Å². The van der Waals surface area contributed by atoms with E-state index in [0.29, 0.717) is 42.1 Å². The molecule has 0 aromatic carbocycles. The van der Waals surface area contributed by atoms with Gasteiger partial charge in [0.25, 0.3) is 0 Å². The topological polar surface area (TPSA) is 49.8 Å². The maximum atomic E-state index is 12.4. The van der Waals surface area contributed by atoms with Crippen LogP contribution in [-0.2, 0) is 9.53 Å². The van der Waals surface area contributed by atoms with E-state index < -0.39 is 0 Å². The fourth-order valence-corrected chi connectivity index (χ4v) is 7.63. The largest absolute Gasteiger partial charge is 0.393 e. The summed E-state index contributed by atoms with van der Waals surface area (Å²) in [6.45, 7) is 5.58. The van der Waals surface area contributed by atoms with Crippen LogP contribution in [-0.4, -0.2) is 48.8 Å². The van der Waals surface area contributed by atoms with Crippen LogP contribution in [0.3, 0.4) is 0 Å².